The van der Waals surface area contributed by atoms with Crippen molar-refractivity contribution in [3.05, 3.63) is 30.1 Å². The number of rotatable bonds is 2. The van der Waals surface area contributed by atoms with Gasteiger partial charge in [0.1, 0.15) is 0 Å². The molecule has 1 saturated carbocycles. The number of hydrogen-bond acceptors (Lipinski definition) is 3. The molecule has 0 radical (unpaired) electrons. The predicted octanol–water partition coefficient (Wildman–Crippen LogP) is 2.58. The van der Waals surface area contributed by atoms with Gasteiger partial charge in [0, 0.05) is 43.6 Å². The minimum absolute atomic E-state index is 0.403. The fraction of sp³-hybridized carbons (Fsp3) is 0.688. The van der Waals surface area contributed by atoms with Gasteiger partial charge in [0.05, 0.1) is 0 Å². The summed E-state index contributed by atoms with van der Waals surface area (Å²) in [5.74, 6) is 0. The zero-order chi connectivity index (χ0) is 13.1. The Kier molecular flexibility index (Phi) is 3.85. The molecular weight excluding hydrogens is 234 g/mol. The van der Waals surface area contributed by atoms with Crippen molar-refractivity contribution in [1.29, 1.82) is 0 Å². The summed E-state index contributed by atoms with van der Waals surface area (Å²) in [5.41, 5.74) is 1.75. The lowest BCUT2D eigenvalue weighted by Crippen LogP contribution is -2.64. The molecule has 3 nitrogen and oxygen atoms in total. The van der Waals surface area contributed by atoms with Crippen molar-refractivity contribution < 1.29 is 0 Å². The minimum Gasteiger partial charge on any atom is -0.311 e. The summed E-state index contributed by atoms with van der Waals surface area (Å²) in [5, 5.41) is 3.70. The molecule has 1 unspecified atom stereocenters. The van der Waals surface area contributed by atoms with Crippen molar-refractivity contribution in [1.82, 2.24) is 15.2 Å². The molecule has 2 fully saturated rings. The van der Waals surface area contributed by atoms with Gasteiger partial charge in [0.15, 0.2) is 0 Å². The molecule has 2 heterocycles. The highest BCUT2D eigenvalue weighted by atomic mass is 15.3. The Morgan fingerprint density at radius 1 is 1.37 bits per heavy atom. The molecule has 1 atom stereocenters. The van der Waals surface area contributed by atoms with Gasteiger partial charge in [-0.1, -0.05) is 25.3 Å². The molecule has 3 heteroatoms. The van der Waals surface area contributed by atoms with Crippen LogP contribution in [0.5, 0.6) is 0 Å². The summed E-state index contributed by atoms with van der Waals surface area (Å²) >= 11 is 0. The highest BCUT2D eigenvalue weighted by Gasteiger charge is 2.41. The molecule has 0 aromatic carbocycles. The van der Waals surface area contributed by atoms with E-state index in [1.807, 2.05) is 12.4 Å². The molecule has 1 aliphatic carbocycles. The van der Waals surface area contributed by atoms with E-state index in [0.717, 1.165) is 19.6 Å². The summed E-state index contributed by atoms with van der Waals surface area (Å²) in [4.78, 5) is 6.99. The third-order valence-corrected chi connectivity index (χ3v) is 4.83. The van der Waals surface area contributed by atoms with Crippen LogP contribution in [-0.2, 0) is 6.54 Å². The van der Waals surface area contributed by atoms with E-state index in [1.54, 1.807) is 0 Å². The van der Waals surface area contributed by atoms with Gasteiger partial charge in [0.2, 0.25) is 0 Å². The van der Waals surface area contributed by atoms with Gasteiger partial charge < -0.3 is 5.32 Å². The first-order valence-electron chi connectivity index (χ1n) is 7.66. The second kappa shape index (κ2) is 5.59. The van der Waals surface area contributed by atoms with Crippen molar-refractivity contribution in [2.45, 2.75) is 57.2 Å². The molecule has 104 valence electrons. The highest BCUT2D eigenvalue weighted by Crippen LogP contribution is 2.36. The lowest BCUT2D eigenvalue weighted by molar-refractivity contribution is 0.00611. The van der Waals surface area contributed by atoms with Gasteiger partial charge in [-0.25, -0.2) is 0 Å². The van der Waals surface area contributed by atoms with E-state index in [2.05, 4.69) is 34.3 Å². The third-order valence-electron chi connectivity index (χ3n) is 4.83. The molecule has 1 aliphatic heterocycles. The summed E-state index contributed by atoms with van der Waals surface area (Å²) in [6.45, 7) is 5.68. The second-order valence-corrected chi connectivity index (χ2v) is 6.31. The molecule has 1 saturated heterocycles. The number of nitrogens with zero attached hydrogens (tertiary/aromatic N) is 2. The van der Waals surface area contributed by atoms with Crippen LogP contribution >= 0.6 is 0 Å². The van der Waals surface area contributed by atoms with E-state index in [1.165, 1.54) is 37.7 Å². The zero-order valence-electron chi connectivity index (χ0n) is 11.9. The van der Waals surface area contributed by atoms with E-state index < -0.39 is 0 Å². The lowest BCUT2D eigenvalue weighted by Gasteiger charge is -2.51. The SMILES string of the molecule is CC1CN(Cc2cccnc2)C2(CCCCC2)CN1. The molecule has 1 spiro atoms. The zero-order valence-corrected chi connectivity index (χ0v) is 11.9. The average molecular weight is 259 g/mol. The monoisotopic (exact) mass is 259 g/mol. The van der Waals surface area contributed by atoms with Gasteiger partial charge in [-0.2, -0.15) is 0 Å². The fourth-order valence-corrected chi connectivity index (χ4v) is 3.71. The van der Waals surface area contributed by atoms with Gasteiger partial charge in [-0.05, 0) is 31.4 Å². The highest BCUT2D eigenvalue weighted by molar-refractivity contribution is 5.11. The standard InChI is InChI=1S/C16H25N3/c1-14-11-19(12-15-6-5-9-17-10-15)16(13-18-14)7-3-2-4-8-16/h5-6,9-10,14,18H,2-4,7-8,11-13H2,1H3. The average Bonchev–Trinajstić information content (AvgIpc) is 2.46. The Hall–Kier alpha value is -0.930. The quantitative estimate of drug-likeness (QED) is 0.885. The summed E-state index contributed by atoms with van der Waals surface area (Å²) in [6.07, 6.45) is 10.8. The molecule has 19 heavy (non-hydrogen) atoms. The lowest BCUT2D eigenvalue weighted by atomic mass is 9.78. The Bertz CT molecular complexity index is 398. The maximum absolute atomic E-state index is 4.26. The van der Waals surface area contributed by atoms with Crippen LogP contribution in [0.15, 0.2) is 24.5 Å². The molecule has 1 N–H and O–H groups in total. The normalized spacial score (nSPS) is 27.5. The summed E-state index contributed by atoms with van der Waals surface area (Å²) < 4.78 is 0. The summed E-state index contributed by atoms with van der Waals surface area (Å²) in [6, 6.07) is 4.86. The number of aromatic nitrogens is 1. The van der Waals surface area contributed by atoms with Crippen LogP contribution in [-0.4, -0.2) is 34.6 Å². The van der Waals surface area contributed by atoms with Gasteiger partial charge in [-0.3, -0.25) is 9.88 Å². The molecular formula is C16H25N3. The number of hydrogen-bond donors (Lipinski definition) is 1. The van der Waals surface area contributed by atoms with Crippen LogP contribution < -0.4 is 5.32 Å². The molecule has 3 rings (SSSR count). The fourth-order valence-electron chi connectivity index (χ4n) is 3.71. The van der Waals surface area contributed by atoms with Gasteiger partial charge in [0.25, 0.3) is 0 Å². The van der Waals surface area contributed by atoms with E-state index in [0.29, 0.717) is 11.6 Å². The van der Waals surface area contributed by atoms with Crippen molar-refractivity contribution in [3.63, 3.8) is 0 Å². The second-order valence-electron chi connectivity index (χ2n) is 6.31. The first kappa shape index (κ1) is 13.1. The Morgan fingerprint density at radius 2 is 2.21 bits per heavy atom. The van der Waals surface area contributed by atoms with Crippen LogP contribution in [0.25, 0.3) is 0 Å². The topological polar surface area (TPSA) is 28.2 Å². The number of pyridine rings is 1. The largest absolute Gasteiger partial charge is 0.311 e. The van der Waals surface area contributed by atoms with E-state index in [4.69, 9.17) is 0 Å². The minimum atomic E-state index is 0.403. The van der Waals surface area contributed by atoms with E-state index >= 15 is 0 Å². The Morgan fingerprint density at radius 3 is 2.95 bits per heavy atom. The third kappa shape index (κ3) is 2.82. The van der Waals surface area contributed by atoms with Crippen LogP contribution in [0.4, 0.5) is 0 Å². The first-order valence-corrected chi connectivity index (χ1v) is 7.66. The predicted molar refractivity (Wildman–Crippen MR) is 77.9 cm³/mol. The van der Waals surface area contributed by atoms with Crippen molar-refractivity contribution >= 4 is 0 Å². The number of nitrogens with one attached hydrogen (secondary N) is 1. The van der Waals surface area contributed by atoms with Crippen molar-refractivity contribution in [2.75, 3.05) is 13.1 Å². The smallest absolute Gasteiger partial charge is 0.0338 e. The number of piperazine rings is 1. The van der Waals surface area contributed by atoms with Gasteiger partial charge >= 0.3 is 0 Å². The molecule has 0 bridgehead atoms. The summed E-state index contributed by atoms with van der Waals surface area (Å²) in [7, 11) is 0. The van der Waals surface area contributed by atoms with Crippen LogP contribution in [0.2, 0.25) is 0 Å². The maximum Gasteiger partial charge on any atom is 0.0338 e. The maximum atomic E-state index is 4.26. The first-order chi connectivity index (χ1) is 9.28. The molecule has 1 aromatic rings. The van der Waals surface area contributed by atoms with Crippen LogP contribution in [0.1, 0.15) is 44.6 Å². The van der Waals surface area contributed by atoms with Crippen LogP contribution in [0, 0.1) is 0 Å². The van der Waals surface area contributed by atoms with E-state index in [9.17, 15) is 0 Å². The molecule has 0 amide bonds. The van der Waals surface area contributed by atoms with Crippen molar-refractivity contribution in [3.8, 4) is 0 Å². The van der Waals surface area contributed by atoms with E-state index in [-0.39, 0.29) is 0 Å². The van der Waals surface area contributed by atoms with Gasteiger partial charge in [-0.15, -0.1) is 0 Å². The molecule has 2 aliphatic rings. The Labute approximate surface area is 116 Å². The Balaban J connectivity index is 1.78. The van der Waals surface area contributed by atoms with Crippen molar-refractivity contribution in [2.24, 2.45) is 0 Å². The van der Waals surface area contributed by atoms with Crippen LogP contribution in [0.3, 0.4) is 0 Å². The molecule has 1 aromatic heterocycles.